The largest absolute Gasteiger partial charge is 0.276 e. The van der Waals surface area contributed by atoms with Crippen LogP contribution in [0.15, 0.2) is 41.4 Å². The number of aromatic nitrogens is 2. The summed E-state index contributed by atoms with van der Waals surface area (Å²) in [5.74, 6) is 7.31. The SMILES string of the molecule is Cn1ccc(CC(NN)C2CSc3ccccc32)n1. The van der Waals surface area contributed by atoms with Crippen LogP contribution >= 0.6 is 11.8 Å². The molecule has 1 aromatic carbocycles. The van der Waals surface area contributed by atoms with E-state index >= 15 is 0 Å². The van der Waals surface area contributed by atoms with Gasteiger partial charge >= 0.3 is 0 Å². The zero-order chi connectivity index (χ0) is 13.2. The molecule has 100 valence electrons. The van der Waals surface area contributed by atoms with E-state index in [1.165, 1.54) is 10.5 Å². The molecular weight excluding hydrogens is 256 g/mol. The first-order valence-electron chi connectivity index (χ1n) is 6.44. The molecular formula is C14H18N4S. The third-order valence-corrected chi connectivity index (χ3v) is 4.84. The van der Waals surface area contributed by atoms with E-state index in [2.05, 4.69) is 40.9 Å². The van der Waals surface area contributed by atoms with Crippen LogP contribution < -0.4 is 11.3 Å². The number of thioether (sulfide) groups is 1. The highest BCUT2D eigenvalue weighted by molar-refractivity contribution is 7.99. The first kappa shape index (κ1) is 12.7. The molecule has 2 heterocycles. The normalized spacial score (nSPS) is 19.4. The van der Waals surface area contributed by atoms with Gasteiger partial charge in [0.05, 0.1) is 5.69 Å². The first-order valence-corrected chi connectivity index (χ1v) is 7.43. The molecule has 3 rings (SSSR count). The van der Waals surface area contributed by atoms with Crippen molar-refractivity contribution in [2.45, 2.75) is 23.3 Å². The maximum Gasteiger partial charge on any atom is 0.0640 e. The summed E-state index contributed by atoms with van der Waals surface area (Å²) in [5.41, 5.74) is 5.47. The summed E-state index contributed by atoms with van der Waals surface area (Å²) >= 11 is 1.91. The molecule has 5 heteroatoms. The van der Waals surface area contributed by atoms with E-state index in [0.717, 1.165) is 17.9 Å². The van der Waals surface area contributed by atoms with E-state index in [0.29, 0.717) is 5.92 Å². The van der Waals surface area contributed by atoms with Gasteiger partial charge < -0.3 is 0 Å². The van der Waals surface area contributed by atoms with Crippen LogP contribution in [0.25, 0.3) is 0 Å². The number of rotatable bonds is 4. The Hall–Kier alpha value is -1.30. The number of benzene rings is 1. The van der Waals surface area contributed by atoms with Crippen molar-refractivity contribution in [1.82, 2.24) is 15.2 Å². The lowest BCUT2D eigenvalue weighted by Crippen LogP contribution is -2.41. The van der Waals surface area contributed by atoms with Gasteiger partial charge in [0.15, 0.2) is 0 Å². The third-order valence-electron chi connectivity index (χ3n) is 3.63. The minimum Gasteiger partial charge on any atom is -0.276 e. The fourth-order valence-electron chi connectivity index (χ4n) is 2.64. The molecule has 2 unspecified atom stereocenters. The van der Waals surface area contributed by atoms with Gasteiger partial charge in [-0.2, -0.15) is 5.10 Å². The molecule has 0 bridgehead atoms. The van der Waals surface area contributed by atoms with Crippen molar-refractivity contribution >= 4 is 11.8 Å². The topological polar surface area (TPSA) is 55.9 Å². The molecule has 1 aliphatic rings. The number of fused-ring (bicyclic) bond motifs is 1. The smallest absolute Gasteiger partial charge is 0.0640 e. The van der Waals surface area contributed by atoms with E-state index in [4.69, 9.17) is 5.84 Å². The lowest BCUT2D eigenvalue weighted by atomic mass is 9.91. The summed E-state index contributed by atoms with van der Waals surface area (Å²) < 4.78 is 1.83. The van der Waals surface area contributed by atoms with Crippen LogP contribution in [0.2, 0.25) is 0 Å². The van der Waals surface area contributed by atoms with Gasteiger partial charge in [-0.25, -0.2) is 0 Å². The van der Waals surface area contributed by atoms with Crippen molar-refractivity contribution in [3.8, 4) is 0 Å². The highest BCUT2D eigenvalue weighted by atomic mass is 32.2. The van der Waals surface area contributed by atoms with Crippen molar-refractivity contribution in [3.63, 3.8) is 0 Å². The lowest BCUT2D eigenvalue weighted by Gasteiger charge is -2.22. The van der Waals surface area contributed by atoms with Gasteiger partial charge in [-0.15, -0.1) is 11.8 Å². The number of nitrogens with one attached hydrogen (secondary N) is 1. The van der Waals surface area contributed by atoms with E-state index in [1.807, 2.05) is 29.7 Å². The van der Waals surface area contributed by atoms with Gasteiger partial charge in [0.25, 0.3) is 0 Å². The summed E-state index contributed by atoms with van der Waals surface area (Å²) in [4.78, 5) is 1.38. The second-order valence-corrected chi connectivity index (χ2v) is 5.98. The fourth-order valence-corrected chi connectivity index (χ4v) is 3.97. The Labute approximate surface area is 117 Å². The van der Waals surface area contributed by atoms with Crippen molar-refractivity contribution < 1.29 is 0 Å². The Morgan fingerprint density at radius 3 is 3.05 bits per heavy atom. The standard InChI is InChI=1S/C14H18N4S/c1-18-7-6-10(17-18)8-13(16-15)12-9-19-14-5-3-2-4-11(12)14/h2-7,12-13,16H,8-9,15H2,1H3. The van der Waals surface area contributed by atoms with Gasteiger partial charge in [0, 0.05) is 42.3 Å². The highest BCUT2D eigenvalue weighted by Crippen LogP contribution is 2.41. The average molecular weight is 274 g/mol. The number of hydrogen-bond acceptors (Lipinski definition) is 4. The zero-order valence-electron chi connectivity index (χ0n) is 10.9. The average Bonchev–Trinajstić information content (AvgIpc) is 3.02. The molecule has 0 saturated heterocycles. The molecule has 0 saturated carbocycles. The second kappa shape index (κ2) is 5.36. The van der Waals surface area contributed by atoms with Crippen LogP contribution in [-0.2, 0) is 13.5 Å². The predicted molar refractivity (Wildman–Crippen MR) is 77.9 cm³/mol. The maximum absolute atomic E-state index is 5.77. The Bertz CT molecular complexity index is 566. The number of nitrogens with two attached hydrogens (primary N) is 1. The number of aryl methyl sites for hydroxylation is 1. The van der Waals surface area contributed by atoms with Crippen LogP contribution in [0.1, 0.15) is 17.2 Å². The lowest BCUT2D eigenvalue weighted by molar-refractivity contribution is 0.457. The summed E-state index contributed by atoms with van der Waals surface area (Å²) in [6.07, 6.45) is 2.83. The van der Waals surface area contributed by atoms with Gasteiger partial charge in [-0.1, -0.05) is 18.2 Å². The summed E-state index contributed by atoms with van der Waals surface area (Å²) in [6, 6.07) is 10.9. The number of hydrazine groups is 1. The van der Waals surface area contributed by atoms with E-state index in [1.54, 1.807) is 0 Å². The molecule has 2 aromatic rings. The molecule has 1 aromatic heterocycles. The van der Waals surface area contributed by atoms with Crippen LogP contribution in [0.4, 0.5) is 0 Å². The number of nitrogens with zero attached hydrogens (tertiary/aromatic N) is 2. The van der Waals surface area contributed by atoms with Crippen molar-refractivity contribution in [2.24, 2.45) is 12.9 Å². The van der Waals surface area contributed by atoms with Crippen molar-refractivity contribution in [2.75, 3.05) is 5.75 Å². The Balaban J connectivity index is 1.80. The van der Waals surface area contributed by atoms with Crippen molar-refractivity contribution in [1.29, 1.82) is 0 Å². The Kier molecular flexibility index (Phi) is 3.59. The predicted octanol–water partition coefficient (Wildman–Crippen LogP) is 1.68. The van der Waals surface area contributed by atoms with Crippen LogP contribution in [0, 0.1) is 0 Å². The van der Waals surface area contributed by atoms with Gasteiger partial charge in [0.1, 0.15) is 0 Å². The highest BCUT2D eigenvalue weighted by Gasteiger charge is 2.30. The van der Waals surface area contributed by atoms with Crippen LogP contribution in [0.3, 0.4) is 0 Å². The van der Waals surface area contributed by atoms with Crippen LogP contribution in [0.5, 0.6) is 0 Å². The maximum atomic E-state index is 5.77. The molecule has 0 amide bonds. The Morgan fingerprint density at radius 1 is 1.47 bits per heavy atom. The van der Waals surface area contributed by atoms with Crippen molar-refractivity contribution in [3.05, 3.63) is 47.8 Å². The molecule has 4 nitrogen and oxygen atoms in total. The fraction of sp³-hybridized carbons (Fsp3) is 0.357. The van der Waals surface area contributed by atoms with E-state index in [9.17, 15) is 0 Å². The number of hydrogen-bond donors (Lipinski definition) is 2. The molecule has 2 atom stereocenters. The molecule has 3 N–H and O–H groups in total. The Morgan fingerprint density at radius 2 is 2.32 bits per heavy atom. The van der Waals surface area contributed by atoms with Crippen LogP contribution in [-0.4, -0.2) is 21.6 Å². The minimum absolute atomic E-state index is 0.228. The minimum atomic E-state index is 0.228. The third kappa shape index (κ3) is 2.54. The van der Waals surface area contributed by atoms with Gasteiger partial charge in [0.2, 0.25) is 0 Å². The van der Waals surface area contributed by atoms with E-state index in [-0.39, 0.29) is 6.04 Å². The van der Waals surface area contributed by atoms with E-state index < -0.39 is 0 Å². The first-order chi connectivity index (χ1) is 9.28. The van der Waals surface area contributed by atoms with Gasteiger partial charge in [-0.3, -0.25) is 16.0 Å². The molecule has 19 heavy (non-hydrogen) atoms. The molecule has 0 aliphatic carbocycles. The quantitative estimate of drug-likeness (QED) is 0.658. The molecule has 0 fully saturated rings. The molecule has 0 spiro atoms. The summed E-state index contributed by atoms with van der Waals surface area (Å²) in [6.45, 7) is 0. The molecule has 0 radical (unpaired) electrons. The summed E-state index contributed by atoms with van der Waals surface area (Å²) in [7, 11) is 1.94. The summed E-state index contributed by atoms with van der Waals surface area (Å²) in [5, 5.41) is 4.44. The van der Waals surface area contributed by atoms with Gasteiger partial charge in [-0.05, 0) is 17.7 Å². The second-order valence-electron chi connectivity index (χ2n) is 4.91. The zero-order valence-corrected chi connectivity index (χ0v) is 11.7. The monoisotopic (exact) mass is 274 g/mol. The molecule has 1 aliphatic heterocycles.